The molecule has 6 aromatic carbocycles. The maximum atomic E-state index is 15.8. The van der Waals surface area contributed by atoms with Crippen LogP contribution < -0.4 is 15.9 Å². The van der Waals surface area contributed by atoms with E-state index in [1.165, 1.54) is 27.6 Å². The summed E-state index contributed by atoms with van der Waals surface area (Å²) in [6.07, 6.45) is 0. The molecular weight excluding hydrogens is 529 g/mol. The Morgan fingerprint density at radius 1 is 0.571 bits per heavy atom. The van der Waals surface area contributed by atoms with E-state index in [1.807, 2.05) is 36.4 Å². The summed E-state index contributed by atoms with van der Waals surface area (Å²) in [7, 11) is -3.16. The molecule has 200 valence electrons. The summed E-state index contributed by atoms with van der Waals surface area (Å²) in [4.78, 5) is 0. The molecule has 1 aromatic heterocycles. The first-order valence-electron chi connectivity index (χ1n) is 14.6. The predicted molar refractivity (Wildman–Crippen MR) is 177 cm³/mol. The molecule has 42 heavy (non-hydrogen) atoms. The van der Waals surface area contributed by atoms with Gasteiger partial charge >= 0.3 is 0 Å². The fraction of sp³-hybridized carbons (Fsp3) is 0.0769. The Hall–Kier alpha value is -4.65. The van der Waals surface area contributed by atoms with Crippen LogP contribution in [-0.4, -0.2) is 4.57 Å². The van der Waals surface area contributed by atoms with Crippen molar-refractivity contribution < 1.29 is 4.57 Å². The first-order valence-corrected chi connectivity index (χ1v) is 16.3. The van der Waals surface area contributed by atoms with Gasteiger partial charge in [-0.05, 0) is 51.6 Å². The molecule has 0 spiro atoms. The molecule has 1 atom stereocenters. The Bertz CT molecular complexity index is 2310. The number of aromatic nitrogens is 1. The molecule has 1 aliphatic heterocycles. The first-order chi connectivity index (χ1) is 20.5. The van der Waals surface area contributed by atoms with Crippen molar-refractivity contribution in [2.45, 2.75) is 19.3 Å². The van der Waals surface area contributed by atoms with Crippen molar-refractivity contribution in [2.75, 3.05) is 0 Å². The molecule has 7 aromatic rings. The van der Waals surface area contributed by atoms with E-state index in [0.29, 0.717) is 0 Å². The number of hydrogen-bond acceptors (Lipinski definition) is 1. The van der Waals surface area contributed by atoms with Crippen LogP contribution in [0.15, 0.2) is 133 Å². The van der Waals surface area contributed by atoms with Gasteiger partial charge in [-0.3, -0.25) is 0 Å². The van der Waals surface area contributed by atoms with Crippen molar-refractivity contribution in [2.24, 2.45) is 0 Å². The van der Waals surface area contributed by atoms with Gasteiger partial charge in [-0.15, -0.1) is 0 Å². The third-order valence-corrected chi connectivity index (χ3v) is 12.8. The minimum absolute atomic E-state index is 0.0583. The maximum absolute atomic E-state index is 15.8. The Balaban J connectivity index is 1.44. The van der Waals surface area contributed by atoms with Gasteiger partial charge in [0.25, 0.3) is 0 Å². The van der Waals surface area contributed by atoms with Crippen molar-refractivity contribution in [1.82, 2.24) is 4.57 Å². The average Bonchev–Trinajstić information content (AvgIpc) is 3.60. The molecule has 2 nitrogen and oxygen atoms in total. The third kappa shape index (κ3) is 2.88. The number of nitrogens with zero attached hydrogens (tertiary/aromatic N) is 1. The summed E-state index contributed by atoms with van der Waals surface area (Å²) < 4.78 is 18.1. The van der Waals surface area contributed by atoms with Crippen LogP contribution in [0.2, 0.25) is 0 Å². The molecular formula is C39H28NOP. The Morgan fingerprint density at radius 3 is 2.12 bits per heavy atom. The van der Waals surface area contributed by atoms with Crippen LogP contribution in [0.25, 0.3) is 49.7 Å². The zero-order valence-corrected chi connectivity index (χ0v) is 24.4. The zero-order chi connectivity index (χ0) is 28.2. The molecule has 0 bridgehead atoms. The number of fused-ring (bicyclic) bond motifs is 10. The molecule has 0 N–H and O–H groups in total. The summed E-state index contributed by atoms with van der Waals surface area (Å²) in [6.45, 7) is 4.63. The topological polar surface area (TPSA) is 22.0 Å². The lowest BCUT2D eigenvalue weighted by atomic mass is 9.82. The average molecular weight is 558 g/mol. The number of hydrogen-bond donors (Lipinski definition) is 0. The van der Waals surface area contributed by atoms with E-state index < -0.39 is 7.14 Å². The molecule has 0 amide bonds. The van der Waals surface area contributed by atoms with E-state index in [-0.39, 0.29) is 5.41 Å². The molecule has 0 radical (unpaired) electrons. The molecule has 3 heteroatoms. The van der Waals surface area contributed by atoms with E-state index >= 15 is 4.57 Å². The summed E-state index contributed by atoms with van der Waals surface area (Å²) in [5.74, 6) is 0. The highest BCUT2D eigenvalue weighted by atomic mass is 31.2. The van der Waals surface area contributed by atoms with E-state index in [2.05, 4.69) is 115 Å². The van der Waals surface area contributed by atoms with Gasteiger partial charge in [-0.2, -0.15) is 0 Å². The van der Waals surface area contributed by atoms with Crippen LogP contribution in [0, 0.1) is 0 Å². The number of para-hydroxylation sites is 1. The lowest BCUT2D eigenvalue weighted by Crippen LogP contribution is -2.22. The smallest absolute Gasteiger partial charge is 0.174 e. The van der Waals surface area contributed by atoms with Gasteiger partial charge in [0.15, 0.2) is 7.14 Å². The molecule has 2 aliphatic rings. The highest BCUT2D eigenvalue weighted by Crippen LogP contribution is 2.55. The standard InChI is InChI=1S/C39H28NOP/c1-39(2)33-17-9-6-14-27(33)32-24-25(20-23-34(32)39)40-35-18-10-7-15-28(35)30-21-22-31-29-16-8-11-19-36(29)42(41,38(31)37(30)40)26-12-4-3-5-13-26/h3-24H,1-2H3. The van der Waals surface area contributed by atoms with Crippen LogP contribution in [0.1, 0.15) is 25.0 Å². The Morgan fingerprint density at radius 2 is 1.26 bits per heavy atom. The number of benzene rings is 6. The fourth-order valence-electron chi connectivity index (χ4n) is 7.69. The molecule has 1 aliphatic carbocycles. The second-order valence-corrected chi connectivity index (χ2v) is 14.7. The molecule has 0 saturated carbocycles. The van der Waals surface area contributed by atoms with Gasteiger partial charge in [-0.25, -0.2) is 0 Å². The highest BCUT2D eigenvalue weighted by molar-refractivity contribution is 7.86. The van der Waals surface area contributed by atoms with Crippen LogP contribution in [-0.2, 0) is 9.98 Å². The van der Waals surface area contributed by atoms with Crippen molar-refractivity contribution in [1.29, 1.82) is 0 Å². The van der Waals surface area contributed by atoms with E-state index in [1.54, 1.807) is 0 Å². The predicted octanol–water partition coefficient (Wildman–Crippen LogP) is 8.71. The quantitative estimate of drug-likeness (QED) is 0.195. The zero-order valence-electron chi connectivity index (χ0n) is 23.5. The van der Waals surface area contributed by atoms with Gasteiger partial charge in [0.1, 0.15) is 0 Å². The fourth-order valence-corrected chi connectivity index (χ4v) is 10.9. The second kappa shape index (κ2) is 8.22. The largest absolute Gasteiger partial charge is 0.309 e. The van der Waals surface area contributed by atoms with Crippen LogP contribution in [0.5, 0.6) is 0 Å². The normalized spacial score (nSPS) is 17.7. The minimum Gasteiger partial charge on any atom is -0.309 e. The summed E-state index contributed by atoms with van der Waals surface area (Å²) in [5.41, 5.74) is 10.6. The van der Waals surface area contributed by atoms with Gasteiger partial charge in [0.05, 0.1) is 16.3 Å². The Labute approximate surface area is 245 Å². The molecule has 2 heterocycles. The van der Waals surface area contributed by atoms with Crippen LogP contribution in [0.3, 0.4) is 0 Å². The Kier molecular flexibility index (Phi) is 4.69. The SMILES string of the molecule is CC1(C)c2ccccc2-c2cc(-n3c4ccccc4c4ccc5c(c43)P(=O)(c3ccccc3)c3ccccc3-5)ccc21. The van der Waals surface area contributed by atoms with E-state index in [4.69, 9.17) is 0 Å². The molecule has 0 fully saturated rings. The lowest BCUT2D eigenvalue weighted by Gasteiger charge is -2.22. The van der Waals surface area contributed by atoms with Gasteiger partial charge in [-0.1, -0.05) is 129 Å². The second-order valence-electron chi connectivity index (χ2n) is 12.1. The molecule has 1 unspecified atom stereocenters. The first kappa shape index (κ1) is 24.0. The van der Waals surface area contributed by atoms with Crippen molar-refractivity contribution in [3.8, 4) is 27.9 Å². The summed E-state index contributed by atoms with van der Waals surface area (Å²) in [5, 5.41) is 5.07. The van der Waals surface area contributed by atoms with Crippen molar-refractivity contribution >= 4 is 44.9 Å². The van der Waals surface area contributed by atoms with Gasteiger partial charge in [0.2, 0.25) is 0 Å². The summed E-state index contributed by atoms with van der Waals surface area (Å²) >= 11 is 0. The third-order valence-electron chi connectivity index (χ3n) is 9.60. The van der Waals surface area contributed by atoms with Crippen molar-refractivity contribution in [3.05, 3.63) is 145 Å². The monoisotopic (exact) mass is 557 g/mol. The summed E-state index contributed by atoms with van der Waals surface area (Å²) in [6, 6.07) is 47.1. The number of rotatable bonds is 2. The van der Waals surface area contributed by atoms with Crippen LogP contribution >= 0.6 is 7.14 Å². The van der Waals surface area contributed by atoms with E-state index in [0.717, 1.165) is 49.1 Å². The maximum Gasteiger partial charge on any atom is 0.174 e. The van der Waals surface area contributed by atoms with Crippen molar-refractivity contribution in [3.63, 3.8) is 0 Å². The van der Waals surface area contributed by atoms with Gasteiger partial charge < -0.3 is 9.13 Å². The van der Waals surface area contributed by atoms with Gasteiger partial charge in [0, 0.05) is 32.5 Å². The van der Waals surface area contributed by atoms with E-state index in [9.17, 15) is 0 Å². The molecule has 0 saturated heterocycles. The minimum atomic E-state index is -3.16. The lowest BCUT2D eigenvalue weighted by molar-refractivity contribution is 0.593. The highest BCUT2D eigenvalue weighted by Gasteiger charge is 2.43. The van der Waals surface area contributed by atoms with Crippen LogP contribution in [0.4, 0.5) is 0 Å². The molecule has 9 rings (SSSR count).